The van der Waals surface area contributed by atoms with Gasteiger partial charge in [0.15, 0.2) is 4.77 Å². The van der Waals surface area contributed by atoms with E-state index in [0.29, 0.717) is 11.3 Å². The summed E-state index contributed by atoms with van der Waals surface area (Å²) in [5.74, 6) is -0.430. The highest BCUT2D eigenvalue weighted by molar-refractivity contribution is 7.71. The predicted octanol–water partition coefficient (Wildman–Crippen LogP) is 5.53. The predicted molar refractivity (Wildman–Crippen MR) is 89.4 cm³/mol. The SMILES string of the molecule is CC(C)(Cn1c(=S)[nH]c2cc(Cl)c(F)cc21)c1cccs1. The van der Waals surface area contributed by atoms with Crippen LogP contribution in [0.5, 0.6) is 0 Å². The molecule has 0 radical (unpaired) electrons. The van der Waals surface area contributed by atoms with Crippen molar-refractivity contribution in [3.05, 3.63) is 50.1 Å². The highest BCUT2D eigenvalue weighted by Gasteiger charge is 2.24. The number of benzene rings is 1. The molecule has 2 nitrogen and oxygen atoms in total. The standard InChI is InChI=1S/C15H14ClFN2S2/c1-15(2,13-4-3-5-21-13)8-19-12-7-10(17)9(16)6-11(12)18-14(19)20/h3-7H,8H2,1-2H3,(H,18,20). The number of H-pyrrole nitrogens is 1. The summed E-state index contributed by atoms with van der Waals surface area (Å²) in [4.78, 5) is 4.36. The molecule has 0 saturated heterocycles. The van der Waals surface area contributed by atoms with Gasteiger partial charge in [0.1, 0.15) is 5.82 Å². The molecule has 0 aliphatic heterocycles. The molecule has 1 aromatic carbocycles. The van der Waals surface area contributed by atoms with E-state index in [9.17, 15) is 4.39 Å². The summed E-state index contributed by atoms with van der Waals surface area (Å²) in [7, 11) is 0. The minimum Gasteiger partial charge on any atom is -0.331 e. The van der Waals surface area contributed by atoms with Crippen LogP contribution >= 0.6 is 35.2 Å². The van der Waals surface area contributed by atoms with Crippen molar-refractivity contribution < 1.29 is 4.39 Å². The molecular weight excluding hydrogens is 327 g/mol. The van der Waals surface area contributed by atoms with Gasteiger partial charge in [0.05, 0.1) is 16.1 Å². The van der Waals surface area contributed by atoms with Crippen LogP contribution in [0.3, 0.4) is 0 Å². The lowest BCUT2D eigenvalue weighted by atomic mass is 9.91. The molecule has 0 bridgehead atoms. The van der Waals surface area contributed by atoms with Crippen molar-refractivity contribution in [3.63, 3.8) is 0 Å². The molecule has 3 aromatic rings. The molecule has 0 atom stereocenters. The molecular formula is C15H14ClFN2S2. The van der Waals surface area contributed by atoms with Crippen molar-refractivity contribution in [2.75, 3.05) is 0 Å². The number of nitrogens with zero attached hydrogens (tertiary/aromatic N) is 1. The van der Waals surface area contributed by atoms with Crippen molar-refractivity contribution in [1.82, 2.24) is 9.55 Å². The first-order valence-electron chi connectivity index (χ1n) is 6.50. The summed E-state index contributed by atoms with van der Waals surface area (Å²) in [5.41, 5.74) is 1.41. The number of thiophene rings is 1. The highest BCUT2D eigenvalue weighted by atomic mass is 35.5. The first-order chi connectivity index (χ1) is 9.88. The van der Waals surface area contributed by atoms with E-state index >= 15 is 0 Å². The van der Waals surface area contributed by atoms with E-state index in [1.807, 2.05) is 10.6 Å². The monoisotopic (exact) mass is 340 g/mol. The maximum Gasteiger partial charge on any atom is 0.178 e. The van der Waals surface area contributed by atoms with Crippen LogP contribution in [-0.2, 0) is 12.0 Å². The van der Waals surface area contributed by atoms with Crippen LogP contribution in [-0.4, -0.2) is 9.55 Å². The normalized spacial score (nSPS) is 12.2. The van der Waals surface area contributed by atoms with E-state index in [1.165, 1.54) is 10.9 Å². The molecule has 0 aliphatic carbocycles. The summed E-state index contributed by atoms with van der Waals surface area (Å²) in [5, 5.41) is 2.16. The third-order valence-electron chi connectivity index (χ3n) is 3.56. The van der Waals surface area contributed by atoms with Gasteiger partial charge < -0.3 is 9.55 Å². The quantitative estimate of drug-likeness (QED) is 0.621. The number of aromatic amines is 1. The first kappa shape index (κ1) is 14.8. The third-order valence-corrected chi connectivity index (χ3v) is 5.41. The molecule has 0 aliphatic rings. The maximum atomic E-state index is 13.8. The topological polar surface area (TPSA) is 20.7 Å². The summed E-state index contributed by atoms with van der Waals surface area (Å²) >= 11 is 12.9. The molecule has 2 heterocycles. The fourth-order valence-electron chi connectivity index (χ4n) is 2.45. The zero-order valence-corrected chi connectivity index (χ0v) is 14.0. The molecule has 2 aromatic heterocycles. The number of hydrogen-bond donors (Lipinski definition) is 1. The van der Waals surface area contributed by atoms with E-state index < -0.39 is 5.82 Å². The van der Waals surface area contributed by atoms with Gasteiger partial charge >= 0.3 is 0 Å². The van der Waals surface area contributed by atoms with E-state index in [4.69, 9.17) is 23.8 Å². The number of aromatic nitrogens is 2. The Balaban J connectivity index is 2.11. The second kappa shape index (κ2) is 5.23. The fourth-order valence-corrected chi connectivity index (χ4v) is 3.73. The molecule has 3 rings (SSSR count). The molecule has 1 N–H and O–H groups in total. The molecule has 0 spiro atoms. The lowest BCUT2D eigenvalue weighted by Crippen LogP contribution is -2.23. The van der Waals surface area contributed by atoms with Crippen molar-refractivity contribution >= 4 is 46.2 Å². The lowest BCUT2D eigenvalue weighted by molar-refractivity contribution is 0.446. The fraction of sp³-hybridized carbons (Fsp3) is 0.267. The molecule has 0 saturated carbocycles. The Morgan fingerprint density at radius 1 is 1.43 bits per heavy atom. The lowest BCUT2D eigenvalue weighted by Gasteiger charge is -2.24. The van der Waals surface area contributed by atoms with Crippen LogP contribution in [0, 0.1) is 10.6 Å². The summed E-state index contributed by atoms with van der Waals surface area (Å²) in [6.45, 7) is 4.99. The molecule has 21 heavy (non-hydrogen) atoms. The van der Waals surface area contributed by atoms with Crippen molar-refractivity contribution in [1.29, 1.82) is 0 Å². The van der Waals surface area contributed by atoms with Gasteiger partial charge in [-0.05, 0) is 29.7 Å². The van der Waals surface area contributed by atoms with Gasteiger partial charge in [-0.3, -0.25) is 0 Å². The number of halogens is 2. The maximum absolute atomic E-state index is 13.8. The van der Waals surface area contributed by atoms with Crippen LogP contribution in [0.1, 0.15) is 18.7 Å². The van der Waals surface area contributed by atoms with Gasteiger partial charge in [-0.15, -0.1) is 11.3 Å². The number of imidazole rings is 1. The van der Waals surface area contributed by atoms with E-state index in [1.54, 1.807) is 17.4 Å². The largest absolute Gasteiger partial charge is 0.331 e. The Hall–Kier alpha value is -1.17. The second-order valence-electron chi connectivity index (χ2n) is 5.66. The minimum atomic E-state index is -0.430. The zero-order chi connectivity index (χ0) is 15.2. The van der Waals surface area contributed by atoms with Gasteiger partial charge in [0.25, 0.3) is 0 Å². The smallest absolute Gasteiger partial charge is 0.178 e. The zero-order valence-electron chi connectivity index (χ0n) is 11.6. The summed E-state index contributed by atoms with van der Waals surface area (Å²) in [6.07, 6.45) is 0. The van der Waals surface area contributed by atoms with Crippen LogP contribution in [0.4, 0.5) is 4.39 Å². The first-order valence-corrected chi connectivity index (χ1v) is 8.16. The van der Waals surface area contributed by atoms with Crippen LogP contribution in [0.15, 0.2) is 29.6 Å². The van der Waals surface area contributed by atoms with E-state index in [-0.39, 0.29) is 10.4 Å². The molecule has 110 valence electrons. The third kappa shape index (κ3) is 2.65. The number of rotatable bonds is 3. The van der Waals surface area contributed by atoms with E-state index in [2.05, 4.69) is 30.3 Å². The van der Waals surface area contributed by atoms with Crippen LogP contribution in [0.2, 0.25) is 5.02 Å². The van der Waals surface area contributed by atoms with Crippen LogP contribution in [0.25, 0.3) is 11.0 Å². The van der Waals surface area contributed by atoms with Gasteiger partial charge in [-0.1, -0.05) is 31.5 Å². The Morgan fingerprint density at radius 3 is 2.86 bits per heavy atom. The van der Waals surface area contributed by atoms with Gasteiger partial charge in [-0.25, -0.2) is 4.39 Å². The molecule has 0 amide bonds. The van der Waals surface area contributed by atoms with Crippen molar-refractivity contribution in [3.8, 4) is 0 Å². The van der Waals surface area contributed by atoms with Gasteiger partial charge in [0, 0.05) is 22.9 Å². The Labute approximate surface area is 136 Å². The average Bonchev–Trinajstić information content (AvgIpc) is 3.02. The van der Waals surface area contributed by atoms with Crippen LogP contribution < -0.4 is 0 Å². The highest BCUT2D eigenvalue weighted by Crippen LogP contribution is 2.31. The Bertz CT molecular complexity index is 847. The van der Waals surface area contributed by atoms with Gasteiger partial charge in [0.2, 0.25) is 0 Å². The summed E-state index contributed by atoms with van der Waals surface area (Å²) < 4.78 is 16.3. The Kier molecular flexibility index (Phi) is 3.67. The van der Waals surface area contributed by atoms with Crippen molar-refractivity contribution in [2.45, 2.75) is 25.8 Å². The Morgan fingerprint density at radius 2 is 2.19 bits per heavy atom. The number of hydrogen-bond acceptors (Lipinski definition) is 2. The summed E-state index contributed by atoms with van der Waals surface area (Å²) in [6, 6.07) is 7.17. The van der Waals surface area contributed by atoms with Crippen molar-refractivity contribution in [2.24, 2.45) is 0 Å². The average molecular weight is 341 g/mol. The molecule has 0 unspecified atom stereocenters. The van der Waals surface area contributed by atoms with E-state index in [0.717, 1.165) is 11.0 Å². The van der Waals surface area contributed by atoms with Gasteiger partial charge in [-0.2, -0.15) is 0 Å². The second-order valence-corrected chi connectivity index (χ2v) is 7.40. The number of nitrogens with one attached hydrogen (secondary N) is 1. The minimum absolute atomic E-state index is 0.0857. The number of fused-ring (bicyclic) bond motifs is 1. The molecule has 0 fully saturated rings. The molecule has 6 heteroatoms.